The number of nitrogens with zero attached hydrogens (tertiary/aromatic N) is 1. The van der Waals surface area contributed by atoms with Crippen molar-refractivity contribution in [3.63, 3.8) is 0 Å². The van der Waals surface area contributed by atoms with Crippen molar-refractivity contribution in [3.8, 4) is 11.1 Å². The SMILES string of the molecule is CC.CC.CCN(CC)CC.c1ccc2c(c1)Cc1ccccc1-2. The van der Waals surface area contributed by atoms with Crippen molar-refractivity contribution in [1.29, 1.82) is 0 Å². The predicted octanol–water partition coefficient (Wildman–Crippen LogP) is 6.66. The molecular weight excluding hydrogens is 290 g/mol. The molecule has 24 heavy (non-hydrogen) atoms. The van der Waals surface area contributed by atoms with Crippen molar-refractivity contribution >= 4 is 0 Å². The Morgan fingerprint density at radius 3 is 1.25 bits per heavy atom. The third kappa shape index (κ3) is 6.49. The van der Waals surface area contributed by atoms with E-state index in [1.165, 1.54) is 41.9 Å². The van der Waals surface area contributed by atoms with Crippen LogP contribution in [0.15, 0.2) is 48.5 Å². The molecule has 2 aromatic rings. The van der Waals surface area contributed by atoms with Gasteiger partial charge in [0.05, 0.1) is 0 Å². The summed E-state index contributed by atoms with van der Waals surface area (Å²) in [6.07, 6.45) is 1.10. The van der Waals surface area contributed by atoms with E-state index >= 15 is 0 Å². The van der Waals surface area contributed by atoms with E-state index in [0.29, 0.717) is 0 Å². The van der Waals surface area contributed by atoms with Crippen LogP contribution in [0.5, 0.6) is 0 Å². The second-order valence-corrected chi connectivity index (χ2v) is 5.11. The Morgan fingerprint density at radius 1 is 0.625 bits per heavy atom. The van der Waals surface area contributed by atoms with E-state index in [0.717, 1.165) is 6.42 Å². The Morgan fingerprint density at radius 2 is 0.958 bits per heavy atom. The normalized spacial score (nSPS) is 10.2. The Balaban J connectivity index is 0.000000416. The van der Waals surface area contributed by atoms with Crippen molar-refractivity contribution in [2.75, 3.05) is 19.6 Å². The fraction of sp³-hybridized carbons (Fsp3) is 0.478. The largest absolute Gasteiger partial charge is 0.304 e. The maximum atomic E-state index is 2.38. The number of hydrogen-bond donors (Lipinski definition) is 0. The lowest BCUT2D eigenvalue weighted by Gasteiger charge is -2.13. The van der Waals surface area contributed by atoms with Gasteiger partial charge in [-0.05, 0) is 48.3 Å². The van der Waals surface area contributed by atoms with Gasteiger partial charge in [0.1, 0.15) is 0 Å². The monoisotopic (exact) mass is 327 g/mol. The number of hydrogen-bond acceptors (Lipinski definition) is 1. The number of benzene rings is 2. The van der Waals surface area contributed by atoms with Crippen LogP contribution in [0.25, 0.3) is 11.1 Å². The van der Waals surface area contributed by atoms with Crippen LogP contribution in [0.2, 0.25) is 0 Å². The van der Waals surface area contributed by atoms with Crippen LogP contribution in [0.3, 0.4) is 0 Å². The molecular formula is C23H37N. The summed E-state index contributed by atoms with van der Waals surface area (Å²) >= 11 is 0. The van der Waals surface area contributed by atoms with Gasteiger partial charge in [-0.15, -0.1) is 0 Å². The van der Waals surface area contributed by atoms with E-state index in [1.807, 2.05) is 27.7 Å². The van der Waals surface area contributed by atoms with Gasteiger partial charge in [0.25, 0.3) is 0 Å². The van der Waals surface area contributed by atoms with Crippen LogP contribution in [0, 0.1) is 0 Å². The molecule has 2 aromatic carbocycles. The second kappa shape index (κ2) is 13.8. The van der Waals surface area contributed by atoms with E-state index in [-0.39, 0.29) is 0 Å². The Kier molecular flexibility index (Phi) is 12.9. The predicted molar refractivity (Wildman–Crippen MR) is 111 cm³/mol. The molecule has 0 bridgehead atoms. The van der Waals surface area contributed by atoms with Crippen LogP contribution in [-0.2, 0) is 6.42 Å². The summed E-state index contributed by atoms with van der Waals surface area (Å²) in [4.78, 5) is 2.38. The lowest BCUT2D eigenvalue weighted by atomic mass is 10.1. The molecule has 3 rings (SSSR count). The molecule has 134 valence electrons. The van der Waals surface area contributed by atoms with Crippen LogP contribution in [-0.4, -0.2) is 24.5 Å². The quantitative estimate of drug-likeness (QED) is 0.520. The van der Waals surface area contributed by atoms with Crippen LogP contribution in [0.4, 0.5) is 0 Å². The average Bonchev–Trinajstić information content (AvgIpc) is 3.06. The molecule has 0 spiro atoms. The molecule has 0 heterocycles. The van der Waals surface area contributed by atoms with Crippen molar-refractivity contribution in [2.24, 2.45) is 0 Å². The molecule has 0 N–H and O–H groups in total. The van der Waals surface area contributed by atoms with E-state index in [1.54, 1.807) is 0 Å². The van der Waals surface area contributed by atoms with Gasteiger partial charge in [-0.1, -0.05) is 97.0 Å². The lowest BCUT2D eigenvalue weighted by Crippen LogP contribution is -2.21. The van der Waals surface area contributed by atoms with Gasteiger partial charge in [-0.25, -0.2) is 0 Å². The molecule has 0 radical (unpaired) electrons. The standard InChI is InChI=1S/C13H10.C6H15N.2C2H6/c1-3-7-12-10(5-1)9-11-6-2-4-8-13(11)12;1-4-7(5-2)6-3;2*1-2/h1-8H,9H2;4-6H2,1-3H3;2*1-2H3. The zero-order valence-electron chi connectivity index (χ0n) is 16.9. The van der Waals surface area contributed by atoms with Gasteiger partial charge < -0.3 is 4.90 Å². The van der Waals surface area contributed by atoms with Crippen LogP contribution < -0.4 is 0 Å². The maximum absolute atomic E-state index is 2.38. The third-order valence-electron chi connectivity index (χ3n) is 4.05. The summed E-state index contributed by atoms with van der Waals surface area (Å²) in [5.74, 6) is 0. The van der Waals surface area contributed by atoms with E-state index in [9.17, 15) is 0 Å². The summed E-state index contributed by atoms with van der Waals surface area (Å²) in [7, 11) is 0. The molecule has 0 unspecified atom stereocenters. The van der Waals surface area contributed by atoms with Crippen molar-refractivity contribution in [2.45, 2.75) is 54.9 Å². The number of fused-ring (bicyclic) bond motifs is 3. The smallest absolute Gasteiger partial charge is 0.00135 e. The molecule has 1 heteroatoms. The molecule has 0 aliphatic heterocycles. The van der Waals surface area contributed by atoms with Gasteiger partial charge in [0.2, 0.25) is 0 Å². The van der Waals surface area contributed by atoms with Gasteiger partial charge in [0, 0.05) is 0 Å². The molecule has 0 atom stereocenters. The highest BCUT2D eigenvalue weighted by Crippen LogP contribution is 2.35. The highest BCUT2D eigenvalue weighted by Gasteiger charge is 2.15. The minimum Gasteiger partial charge on any atom is -0.304 e. The lowest BCUT2D eigenvalue weighted by molar-refractivity contribution is 0.321. The van der Waals surface area contributed by atoms with E-state index in [2.05, 4.69) is 74.2 Å². The molecule has 0 aromatic heterocycles. The Labute approximate surface area is 150 Å². The first-order valence-electron chi connectivity index (χ1n) is 9.68. The van der Waals surface area contributed by atoms with E-state index < -0.39 is 0 Å². The molecule has 0 amide bonds. The Hall–Kier alpha value is -1.60. The molecule has 0 saturated carbocycles. The van der Waals surface area contributed by atoms with Crippen LogP contribution >= 0.6 is 0 Å². The van der Waals surface area contributed by atoms with Gasteiger partial charge >= 0.3 is 0 Å². The summed E-state index contributed by atoms with van der Waals surface area (Å²) in [5, 5.41) is 0. The molecule has 0 fully saturated rings. The summed E-state index contributed by atoms with van der Waals surface area (Å²) < 4.78 is 0. The minimum atomic E-state index is 1.10. The van der Waals surface area contributed by atoms with E-state index in [4.69, 9.17) is 0 Å². The first-order chi connectivity index (χ1) is 11.8. The highest BCUT2D eigenvalue weighted by molar-refractivity contribution is 5.76. The fourth-order valence-corrected chi connectivity index (χ4v) is 2.75. The van der Waals surface area contributed by atoms with Gasteiger partial charge in [-0.2, -0.15) is 0 Å². The summed E-state index contributed by atoms with van der Waals surface area (Å²) in [5.41, 5.74) is 5.75. The zero-order valence-corrected chi connectivity index (χ0v) is 16.9. The topological polar surface area (TPSA) is 3.24 Å². The third-order valence-corrected chi connectivity index (χ3v) is 4.05. The van der Waals surface area contributed by atoms with Gasteiger partial charge in [-0.3, -0.25) is 0 Å². The molecule has 0 saturated heterocycles. The minimum absolute atomic E-state index is 1.10. The first-order valence-corrected chi connectivity index (χ1v) is 9.68. The van der Waals surface area contributed by atoms with Crippen molar-refractivity contribution in [1.82, 2.24) is 4.90 Å². The Bertz CT molecular complexity index is 492. The molecule has 1 aliphatic rings. The zero-order chi connectivity index (χ0) is 18.4. The van der Waals surface area contributed by atoms with Crippen molar-refractivity contribution < 1.29 is 0 Å². The highest BCUT2D eigenvalue weighted by atomic mass is 15.1. The molecule has 1 aliphatic carbocycles. The summed E-state index contributed by atoms with van der Waals surface area (Å²) in [6.45, 7) is 18.1. The fourth-order valence-electron chi connectivity index (χ4n) is 2.75. The summed E-state index contributed by atoms with van der Waals surface area (Å²) in [6, 6.07) is 17.3. The molecule has 1 nitrogen and oxygen atoms in total. The number of rotatable bonds is 3. The van der Waals surface area contributed by atoms with Crippen LogP contribution in [0.1, 0.15) is 59.6 Å². The maximum Gasteiger partial charge on any atom is -0.00135 e. The van der Waals surface area contributed by atoms with Crippen molar-refractivity contribution in [3.05, 3.63) is 59.7 Å². The average molecular weight is 328 g/mol. The second-order valence-electron chi connectivity index (χ2n) is 5.11. The van der Waals surface area contributed by atoms with Gasteiger partial charge in [0.15, 0.2) is 0 Å². The first kappa shape index (κ1) is 22.4.